The number of hydrogen-bond donors (Lipinski definition) is 1. The molecule has 0 amide bonds. The Hall–Kier alpha value is -1.02. The molecule has 0 saturated heterocycles. The van der Waals surface area contributed by atoms with Gasteiger partial charge in [-0.05, 0) is 63.1 Å². The normalized spacial score (nSPS) is 18.6. The van der Waals surface area contributed by atoms with E-state index in [-0.39, 0.29) is 6.10 Å². The molecule has 0 radical (unpaired) electrons. The third-order valence-electron chi connectivity index (χ3n) is 3.63. The van der Waals surface area contributed by atoms with Crippen molar-refractivity contribution in [3.05, 3.63) is 29.8 Å². The lowest BCUT2D eigenvalue weighted by molar-refractivity contribution is 0.155. The topological polar surface area (TPSA) is 29.5 Å². The molecule has 1 fully saturated rings. The zero-order valence-electron chi connectivity index (χ0n) is 11.3. The summed E-state index contributed by atoms with van der Waals surface area (Å²) < 4.78 is 5.99. The number of aliphatic hydroxyl groups is 1. The minimum atomic E-state index is -0.219. The van der Waals surface area contributed by atoms with Crippen molar-refractivity contribution in [2.45, 2.75) is 64.1 Å². The summed E-state index contributed by atoms with van der Waals surface area (Å²) in [5.74, 6) is 0.989. The van der Waals surface area contributed by atoms with Gasteiger partial charge in [0.25, 0.3) is 0 Å². The predicted molar refractivity (Wildman–Crippen MR) is 73.9 cm³/mol. The lowest BCUT2D eigenvalue weighted by atomic mass is 9.98. The van der Waals surface area contributed by atoms with E-state index in [1.807, 2.05) is 6.92 Å². The van der Waals surface area contributed by atoms with Gasteiger partial charge >= 0.3 is 0 Å². The van der Waals surface area contributed by atoms with E-state index in [4.69, 9.17) is 4.74 Å². The highest BCUT2D eigenvalue weighted by Crippen LogP contribution is 2.23. The molecule has 1 aromatic carbocycles. The van der Waals surface area contributed by atoms with Crippen molar-refractivity contribution in [1.29, 1.82) is 0 Å². The van der Waals surface area contributed by atoms with Crippen molar-refractivity contribution in [3.8, 4) is 5.75 Å². The molecule has 0 spiro atoms. The molecule has 1 aliphatic carbocycles. The Morgan fingerprint density at radius 2 is 1.83 bits per heavy atom. The highest BCUT2D eigenvalue weighted by Gasteiger charge is 2.14. The first-order chi connectivity index (χ1) is 8.74. The Morgan fingerprint density at radius 3 is 2.44 bits per heavy atom. The lowest BCUT2D eigenvalue weighted by Crippen LogP contribution is -2.19. The molecule has 2 nitrogen and oxygen atoms in total. The highest BCUT2D eigenvalue weighted by molar-refractivity contribution is 5.27. The zero-order valence-corrected chi connectivity index (χ0v) is 11.3. The second kappa shape index (κ2) is 6.79. The van der Waals surface area contributed by atoms with E-state index < -0.39 is 0 Å². The first-order valence-corrected chi connectivity index (χ1v) is 7.18. The Bertz CT molecular complexity index is 337. The van der Waals surface area contributed by atoms with Gasteiger partial charge in [0.15, 0.2) is 0 Å². The van der Waals surface area contributed by atoms with Crippen molar-refractivity contribution < 1.29 is 9.84 Å². The summed E-state index contributed by atoms with van der Waals surface area (Å²) in [6.45, 7) is 1.83. The molecule has 1 aliphatic rings. The van der Waals surface area contributed by atoms with E-state index in [0.29, 0.717) is 6.10 Å². The van der Waals surface area contributed by atoms with Crippen LogP contribution in [0, 0.1) is 0 Å². The Morgan fingerprint density at radius 1 is 1.17 bits per heavy atom. The van der Waals surface area contributed by atoms with Gasteiger partial charge in [0.1, 0.15) is 5.75 Å². The SMILES string of the molecule is CC(O)CCc1ccc(OC2CCCCC2)cc1. The third kappa shape index (κ3) is 4.34. The van der Waals surface area contributed by atoms with Gasteiger partial charge in [-0.2, -0.15) is 0 Å². The number of aryl methyl sites for hydroxylation is 1. The monoisotopic (exact) mass is 248 g/mol. The van der Waals surface area contributed by atoms with Crippen molar-refractivity contribution in [2.24, 2.45) is 0 Å². The minimum Gasteiger partial charge on any atom is -0.490 e. The number of benzene rings is 1. The lowest BCUT2D eigenvalue weighted by Gasteiger charge is -2.23. The zero-order chi connectivity index (χ0) is 12.8. The Kier molecular flexibility index (Phi) is 5.06. The van der Waals surface area contributed by atoms with Crippen LogP contribution in [0.3, 0.4) is 0 Å². The fourth-order valence-corrected chi connectivity index (χ4v) is 2.49. The largest absolute Gasteiger partial charge is 0.490 e. The van der Waals surface area contributed by atoms with Crippen LogP contribution in [-0.2, 0) is 6.42 Å². The van der Waals surface area contributed by atoms with Crippen molar-refractivity contribution in [2.75, 3.05) is 0 Å². The molecule has 0 bridgehead atoms. The van der Waals surface area contributed by atoms with Crippen molar-refractivity contribution in [3.63, 3.8) is 0 Å². The molecule has 2 rings (SSSR count). The number of hydrogen-bond acceptors (Lipinski definition) is 2. The van der Waals surface area contributed by atoms with Crippen LogP contribution in [0.15, 0.2) is 24.3 Å². The van der Waals surface area contributed by atoms with Gasteiger partial charge in [-0.15, -0.1) is 0 Å². The van der Waals surface area contributed by atoms with E-state index in [0.717, 1.165) is 18.6 Å². The predicted octanol–water partition coefficient (Wildman–Crippen LogP) is 3.71. The van der Waals surface area contributed by atoms with Crippen molar-refractivity contribution >= 4 is 0 Å². The second-order valence-electron chi connectivity index (χ2n) is 5.41. The molecule has 2 heteroatoms. The number of aliphatic hydroxyl groups excluding tert-OH is 1. The number of ether oxygens (including phenoxy) is 1. The van der Waals surface area contributed by atoms with E-state index in [1.165, 1.54) is 37.7 Å². The van der Waals surface area contributed by atoms with Crippen LogP contribution in [-0.4, -0.2) is 17.3 Å². The van der Waals surface area contributed by atoms with Crippen LogP contribution in [0.25, 0.3) is 0 Å². The maximum atomic E-state index is 9.26. The summed E-state index contributed by atoms with van der Waals surface area (Å²) in [7, 11) is 0. The molecule has 1 atom stereocenters. The van der Waals surface area contributed by atoms with Gasteiger partial charge in [-0.3, -0.25) is 0 Å². The molecule has 0 aromatic heterocycles. The summed E-state index contributed by atoms with van der Waals surface area (Å²) in [4.78, 5) is 0. The van der Waals surface area contributed by atoms with Crippen LogP contribution >= 0.6 is 0 Å². The Labute approximate surface area is 110 Å². The van der Waals surface area contributed by atoms with Gasteiger partial charge < -0.3 is 9.84 Å². The fourth-order valence-electron chi connectivity index (χ4n) is 2.49. The molecule has 1 saturated carbocycles. The molecule has 100 valence electrons. The third-order valence-corrected chi connectivity index (χ3v) is 3.63. The Balaban J connectivity index is 1.83. The fraction of sp³-hybridized carbons (Fsp3) is 0.625. The summed E-state index contributed by atoms with van der Waals surface area (Å²) >= 11 is 0. The summed E-state index contributed by atoms with van der Waals surface area (Å²) in [5.41, 5.74) is 1.27. The smallest absolute Gasteiger partial charge is 0.119 e. The summed E-state index contributed by atoms with van der Waals surface area (Å²) in [6.07, 6.45) is 8.31. The minimum absolute atomic E-state index is 0.219. The van der Waals surface area contributed by atoms with Crippen molar-refractivity contribution in [1.82, 2.24) is 0 Å². The standard InChI is InChI=1S/C16H24O2/c1-13(17)7-8-14-9-11-16(12-10-14)18-15-5-3-2-4-6-15/h9-13,15,17H,2-8H2,1H3. The molecule has 1 N–H and O–H groups in total. The highest BCUT2D eigenvalue weighted by atomic mass is 16.5. The van der Waals surface area contributed by atoms with Gasteiger partial charge in [-0.25, -0.2) is 0 Å². The van der Waals surface area contributed by atoms with E-state index in [2.05, 4.69) is 24.3 Å². The molecule has 1 unspecified atom stereocenters. The van der Waals surface area contributed by atoms with Crippen LogP contribution in [0.2, 0.25) is 0 Å². The molecule has 1 aromatic rings. The van der Waals surface area contributed by atoms with Gasteiger partial charge in [-0.1, -0.05) is 18.6 Å². The van der Waals surface area contributed by atoms with E-state index in [1.54, 1.807) is 0 Å². The average molecular weight is 248 g/mol. The summed E-state index contributed by atoms with van der Waals surface area (Å²) in [6, 6.07) is 8.35. The van der Waals surface area contributed by atoms with Gasteiger partial charge in [0.05, 0.1) is 12.2 Å². The van der Waals surface area contributed by atoms with Gasteiger partial charge in [0, 0.05) is 0 Å². The quantitative estimate of drug-likeness (QED) is 0.860. The van der Waals surface area contributed by atoms with Crippen LogP contribution in [0.1, 0.15) is 51.0 Å². The van der Waals surface area contributed by atoms with Crippen LogP contribution in [0.5, 0.6) is 5.75 Å². The van der Waals surface area contributed by atoms with Crippen LogP contribution in [0.4, 0.5) is 0 Å². The molecule has 18 heavy (non-hydrogen) atoms. The summed E-state index contributed by atoms with van der Waals surface area (Å²) in [5, 5.41) is 9.26. The first kappa shape index (κ1) is 13.4. The first-order valence-electron chi connectivity index (χ1n) is 7.18. The van der Waals surface area contributed by atoms with E-state index in [9.17, 15) is 5.11 Å². The maximum Gasteiger partial charge on any atom is 0.119 e. The molecular weight excluding hydrogens is 224 g/mol. The molecule has 0 aliphatic heterocycles. The van der Waals surface area contributed by atoms with E-state index >= 15 is 0 Å². The average Bonchev–Trinajstić information content (AvgIpc) is 2.39. The number of rotatable bonds is 5. The van der Waals surface area contributed by atoms with Crippen LogP contribution < -0.4 is 4.74 Å². The maximum absolute atomic E-state index is 9.26. The molecule has 0 heterocycles. The molecular formula is C16H24O2. The second-order valence-corrected chi connectivity index (χ2v) is 5.41. The van der Waals surface area contributed by atoms with Gasteiger partial charge in [0.2, 0.25) is 0 Å².